The molecule has 5 rings (SSSR count). The van der Waals surface area contributed by atoms with Gasteiger partial charge in [-0.2, -0.15) is 0 Å². The third-order valence-electron chi connectivity index (χ3n) is 7.54. The van der Waals surface area contributed by atoms with Crippen LogP contribution in [-0.4, -0.2) is 60.1 Å². The van der Waals surface area contributed by atoms with Crippen LogP contribution in [0.4, 0.5) is 13.6 Å². The first-order valence-corrected chi connectivity index (χ1v) is 11.7. The van der Waals surface area contributed by atoms with Crippen LogP contribution in [0, 0.1) is 11.3 Å². The number of benzene rings is 2. The van der Waals surface area contributed by atoms with E-state index in [4.69, 9.17) is 4.74 Å². The number of rotatable bonds is 7. The van der Waals surface area contributed by atoms with Crippen LogP contribution in [0.5, 0.6) is 0 Å². The van der Waals surface area contributed by atoms with Gasteiger partial charge in [-0.3, -0.25) is 9.59 Å². The number of fused-ring (bicyclic) bond motifs is 3. The second kappa shape index (κ2) is 8.94. The Balaban J connectivity index is 1.20. The van der Waals surface area contributed by atoms with Crippen molar-refractivity contribution in [2.45, 2.75) is 37.6 Å². The number of carboxylic acids is 1. The highest BCUT2D eigenvalue weighted by molar-refractivity contribution is 5.81. The summed E-state index contributed by atoms with van der Waals surface area (Å²) in [5.74, 6) is -2.46. The van der Waals surface area contributed by atoms with Gasteiger partial charge in [-0.05, 0) is 35.1 Å². The highest BCUT2D eigenvalue weighted by atomic mass is 19.3. The van der Waals surface area contributed by atoms with Crippen molar-refractivity contribution in [3.05, 3.63) is 59.7 Å². The number of carboxylic acid groups (broad SMARTS) is 1. The zero-order valence-corrected chi connectivity index (χ0v) is 19.0. The molecule has 0 aromatic heterocycles. The Kier molecular flexibility index (Phi) is 5.94. The van der Waals surface area contributed by atoms with Gasteiger partial charge in [-0.1, -0.05) is 48.5 Å². The molecule has 1 saturated heterocycles. The fourth-order valence-corrected chi connectivity index (χ4v) is 5.48. The van der Waals surface area contributed by atoms with E-state index in [1.54, 1.807) is 0 Å². The number of hydrogen-bond acceptors (Lipinski definition) is 4. The second-order valence-electron chi connectivity index (χ2n) is 9.64. The Morgan fingerprint density at radius 3 is 2.17 bits per heavy atom. The number of nitrogens with zero attached hydrogens (tertiary/aromatic N) is 1. The summed E-state index contributed by atoms with van der Waals surface area (Å²) in [4.78, 5) is 37.9. The minimum absolute atomic E-state index is 0.00900. The summed E-state index contributed by atoms with van der Waals surface area (Å²) >= 11 is 0. The number of aliphatic carboxylic acids is 1. The van der Waals surface area contributed by atoms with Crippen molar-refractivity contribution in [2.24, 2.45) is 11.3 Å². The number of carbonyl (C=O) groups is 3. The molecule has 2 N–H and O–H groups in total. The van der Waals surface area contributed by atoms with Crippen molar-refractivity contribution in [2.75, 3.05) is 19.7 Å². The molecule has 2 aromatic carbocycles. The van der Waals surface area contributed by atoms with E-state index in [0.29, 0.717) is 12.8 Å². The van der Waals surface area contributed by atoms with E-state index >= 15 is 0 Å². The normalized spacial score (nSPS) is 20.4. The Hall–Kier alpha value is -3.49. The van der Waals surface area contributed by atoms with Crippen LogP contribution in [0.2, 0.25) is 0 Å². The lowest BCUT2D eigenvalue weighted by Gasteiger charge is -2.22. The first-order valence-electron chi connectivity index (χ1n) is 11.7. The van der Waals surface area contributed by atoms with Crippen LogP contribution in [0.15, 0.2) is 48.5 Å². The van der Waals surface area contributed by atoms with E-state index < -0.39 is 48.2 Å². The molecule has 2 unspecified atom stereocenters. The van der Waals surface area contributed by atoms with E-state index in [9.17, 15) is 28.3 Å². The van der Waals surface area contributed by atoms with Crippen LogP contribution in [0.25, 0.3) is 11.1 Å². The first kappa shape index (κ1) is 23.3. The molecule has 1 aliphatic heterocycles. The third kappa shape index (κ3) is 4.35. The van der Waals surface area contributed by atoms with Crippen LogP contribution >= 0.6 is 0 Å². The van der Waals surface area contributed by atoms with Crippen LogP contribution in [0.3, 0.4) is 0 Å². The fraction of sp³-hybridized carbons (Fsp3) is 0.423. The molecule has 0 radical (unpaired) electrons. The predicted molar refractivity (Wildman–Crippen MR) is 122 cm³/mol. The van der Waals surface area contributed by atoms with Gasteiger partial charge in [0, 0.05) is 24.4 Å². The van der Waals surface area contributed by atoms with Crippen LogP contribution in [0.1, 0.15) is 36.3 Å². The third-order valence-corrected chi connectivity index (χ3v) is 7.54. The van der Waals surface area contributed by atoms with Crippen molar-refractivity contribution >= 4 is 18.0 Å². The molecule has 1 spiro atoms. The number of likely N-dealkylation sites (tertiary alicyclic amines) is 1. The average Bonchev–Trinajstić information content (AvgIpc) is 3.38. The summed E-state index contributed by atoms with van der Waals surface area (Å²) in [5, 5.41) is 11.6. The molecule has 2 atom stereocenters. The van der Waals surface area contributed by atoms with E-state index in [2.05, 4.69) is 5.32 Å². The smallest absolute Gasteiger partial charge is 0.407 e. The molecule has 2 aromatic rings. The molecule has 35 heavy (non-hydrogen) atoms. The van der Waals surface area contributed by atoms with E-state index in [0.717, 1.165) is 22.3 Å². The Morgan fingerprint density at radius 1 is 1.06 bits per heavy atom. The second-order valence-corrected chi connectivity index (χ2v) is 9.64. The lowest BCUT2D eigenvalue weighted by atomic mass is 9.93. The number of carbonyl (C=O) groups excluding carboxylic acids is 2. The highest BCUT2D eigenvalue weighted by Gasteiger charge is 2.58. The zero-order valence-electron chi connectivity index (χ0n) is 19.0. The molecule has 2 amide bonds. The van der Waals surface area contributed by atoms with Gasteiger partial charge >= 0.3 is 12.1 Å². The summed E-state index contributed by atoms with van der Waals surface area (Å²) in [6.45, 7) is 0.234. The first-order chi connectivity index (χ1) is 16.8. The lowest BCUT2D eigenvalue weighted by molar-refractivity contribution is -0.143. The maximum Gasteiger partial charge on any atom is 0.407 e. The SMILES string of the molecule is O=C(NC(CC(=O)N1CC(C(=O)O)C2(CC2)C1)C(F)F)OCC1c2ccccc2-c2ccccc21. The molecular weight excluding hydrogens is 458 g/mol. The van der Waals surface area contributed by atoms with E-state index in [1.165, 1.54) is 4.90 Å². The number of ether oxygens (including phenoxy) is 1. The summed E-state index contributed by atoms with van der Waals surface area (Å²) < 4.78 is 32.7. The molecule has 184 valence electrons. The van der Waals surface area contributed by atoms with Crippen molar-refractivity contribution in [3.63, 3.8) is 0 Å². The molecule has 2 aliphatic carbocycles. The number of nitrogens with one attached hydrogen (secondary N) is 1. The number of amides is 2. The van der Waals surface area contributed by atoms with Gasteiger partial charge in [0.05, 0.1) is 12.3 Å². The monoisotopic (exact) mass is 484 g/mol. The number of hydrogen-bond donors (Lipinski definition) is 2. The van der Waals surface area contributed by atoms with Crippen molar-refractivity contribution in [1.29, 1.82) is 0 Å². The van der Waals surface area contributed by atoms with Crippen molar-refractivity contribution in [1.82, 2.24) is 10.2 Å². The minimum atomic E-state index is -2.98. The summed E-state index contributed by atoms with van der Waals surface area (Å²) in [6.07, 6.45) is -3.20. The topological polar surface area (TPSA) is 95.9 Å². The maximum absolute atomic E-state index is 13.7. The van der Waals surface area contributed by atoms with Crippen LogP contribution < -0.4 is 5.32 Å². The summed E-state index contributed by atoms with van der Waals surface area (Å²) in [7, 11) is 0. The van der Waals surface area contributed by atoms with Gasteiger partial charge in [-0.15, -0.1) is 0 Å². The number of alkyl halides is 2. The van der Waals surface area contributed by atoms with E-state index in [1.807, 2.05) is 48.5 Å². The summed E-state index contributed by atoms with van der Waals surface area (Å²) in [6, 6.07) is 13.8. The minimum Gasteiger partial charge on any atom is -0.481 e. The molecule has 9 heteroatoms. The molecule has 1 saturated carbocycles. The van der Waals surface area contributed by atoms with E-state index in [-0.39, 0.29) is 25.6 Å². The van der Waals surface area contributed by atoms with Crippen molar-refractivity contribution in [3.8, 4) is 11.1 Å². The molecule has 0 bridgehead atoms. The standard InChI is InChI=1S/C26H26F2N2O5/c27-23(28)21(11-22(31)30-12-20(24(32)33)26(14-30)9-10-26)29-25(34)35-13-19-17-7-3-1-5-15(17)16-6-2-4-8-18(16)19/h1-8,19-21,23H,9-14H2,(H,29,34)(H,32,33). The number of alkyl carbamates (subject to hydrolysis) is 1. The molecule has 1 heterocycles. The van der Waals surface area contributed by atoms with Gasteiger partial charge in [0.1, 0.15) is 12.6 Å². The lowest BCUT2D eigenvalue weighted by Crippen LogP contribution is -2.44. The quantitative estimate of drug-likeness (QED) is 0.622. The Morgan fingerprint density at radius 2 is 1.66 bits per heavy atom. The molecule has 2 fully saturated rings. The Labute approximate surface area is 201 Å². The predicted octanol–water partition coefficient (Wildman–Crippen LogP) is 3.87. The largest absolute Gasteiger partial charge is 0.481 e. The molecule has 3 aliphatic rings. The highest BCUT2D eigenvalue weighted by Crippen LogP contribution is 2.56. The summed E-state index contributed by atoms with van der Waals surface area (Å²) in [5.41, 5.74) is 3.66. The molecule has 7 nitrogen and oxygen atoms in total. The maximum atomic E-state index is 13.7. The van der Waals surface area contributed by atoms with Gasteiger partial charge in [-0.25, -0.2) is 13.6 Å². The Bertz CT molecular complexity index is 1120. The van der Waals surface area contributed by atoms with Gasteiger partial charge in [0.2, 0.25) is 5.91 Å². The van der Waals surface area contributed by atoms with Gasteiger partial charge < -0.3 is 20.1 Å². The van der Waals surface area contributed by atoms with Crippen LogP contribution in [-0.2, 0) is 14.3 Å². The zero-order chi connectivity index (χ0) is 24.7. The van der Waals surface area contributed by atoms with Gasteiger partial charge in [0.15, 0.2) is 0 Å². The van der Waals surface area contributed by atoms with Gasteiger partial charge in [0.25, 0.3) is 6.43 Å². The molecular formula is C26H26F2N2O5. The average molecular weight is 484 g/mol. The number of halogens is 2. The van der Waals surface area contributed by atoms with Crippen molar-refractivity contribution < 1.29 is 33.0 Å². The fourth-order valence-electron chi connectivity index (χ4n) is 5.48.